The zero-order valence-corrected chi connectivity index (χ0v) is 34.5. The number of esters is 1. The van der Waals surface area contributed by atoms with Gasteiger partial charge < -0.3 is 9.47 Å². The molecule has 50 heavy (non-hydrogen) atoms. The molecule has 3 nitrogen and oxygen atoms in total. The standard InChI is InChI=1S/C47H80O3/c1-10-11-12-13-14-15-16-17-18-19-20-21-22-23-24-33-44(48)49-45-40(6)41(7)46-43(42(45)8)34-36-47(9,50-46)35-27-32-39(5)31-26-30-38(4)29-25-28-37(2)3/h14-15,17-18,37-39H,10-13,16,19-36H2,1-9H3/b15-14-,18-17-. The third-order valence-corrected chi connectivity index (χ3v) is 11.4. The van der Waals surface area contributed by atoms with Gasteiger partial charge in [-0.1, -0.05) is 136 Å². The van der Waals surface area contributed by atoms with Crippen LogP contribution in [0, 0.1) is 38.5 Å². The minimum atomic E-state index is -0.124. The van der Waals surface area contributed by atoms with E-state index < -0.39 is 0 Å². The predicted molar refractivity (Wildman–Crippen MR) is 218 cm³/mol. The first-order chi connectivity index (χ1) is 24.0. The zero-order valence-electron chi connectivity index (χ0n) is 34.5. The summed E-state index contributed by atoms with van der Waals surface area (Å²) in [5, 5.41) is 0. The third kappa shape index (κ3) is 17.5. The molecule has 0 aliphatic carbocycles. The number of hydrogen-bond donors (Lipinski definition) is 0. The van der Waals surface area contributed by atoms with Crippen LogP contribution in [-0.2, 0) is 11.2 Å². The smallest absolute Gasteiger partial charge is 0.311 e. The van der Waals surface area contributed by atoms with Gasteiger partial charge in [0.2, 0.25) is 0 Å². The largest absolute Gasteiger partial charge is 0.487 e. The first kappa shape index (κ1) is 44.1. The summed E-state index contributed by atoms with van der Waals surface area (Å²) in [7, 11) is 0. The second kappa shape index (κ2) is 25.0. The normalized spacial score (nSPS) is 17.4. The van der Waals surface area contributed by atoms with Gasteiger partial charge in [0.25, 0.3) is 0 Å². The fourth-order valence-electron chi connectivity index (χ4n) is 7.66. The van der Waals surface area contributed by atoms with Gasteiger partial charge in [0, 0.05) is 12.0 Å². The number of carbonyl (C=O) groups is 1. The summed E-state index contributed by atoms with van der Waals surface area (Å²) in [6.45, 7) is 20.5. The van der Waals surface area contributed by atoms with Crippen LogP contribution < -0.4 is 9.47 Å². The van der Waals surface area contributed by atoms with Crippen molar-refractivity contribution in [3.05, 3.63) is 46.6 Å². The Morgan fingerprint density at radius 3 is 1.94 bits per heavy atom. The first-order valence-electron chi connectivity index (χ1n) is 21.3. The third-order valence-electron chi connectivity index (χ3n) is 11.4. The molecule has 1 aliphatic heterocycles. The van der Waals surface area contributed by atoms with Gasteiger partial charge in [-0.25, -0.2) is 0 Å². The van der Waals surface area contributed by atoms with Crippen molar-refractivity contribution in [2.75, 3.05) is 0 Å². The van der Waals surface area contributed by atoms with Crippen molar-refractivity contribution < 1.29 is 14.3 Å². The maximum Gasteiger partial charge on any atom is 0.311 e. The molecule has 3 heteroatoms. The molecule has 0 amide bonds. The molecule has 0 fully saturated rings. The Balaban J connectivity index is 1.70. The number of allylic oxidation sites excluding steroid dienone is 4. The molecule has 1 aliphatic rings. The van der Waals surface area contributed by atoms with E-state index in [9.17, 15) is 4.79 Å². The number of benzene rings is 1. The lowest BCUT2D eigenvalue weighted by atomic mass is 9.83. The van der Waals surface area contributed by atoms with E-state index in [2.05, 4.69) is 86.6 Å². The molecule has 286 valence electrons. The van der Waals surface area contributed by atoms with Crippen LogP contribution in [0.25, 0.3) is 0 Å². The second-order valence-corrected chi connectivity index (χ2v) is 16.9. The van der Waals surface area contributed by atoms with Gasteiger partial charge in [-0.15, -0.1) is 0 Å². The van der Waals surface area contributed by atoms with Gasteiger partial charge in [-0.05, 0) is 126 Å². The number of fused-ring (bicyclic) bond motifs is 1. The second-order valence-electron chi connectivity index (χ2n) is 16.9. The van der Waals surface area contributed by atoms with Crippen LogP contribution in [0.4, 0.5) is 0 Å². The summed E-state index contributed by atoms with van der Waals surface area (Å²) in [5.74, 6) is 4.19. The molecule has 2 rings (SSSR count). The summed E-state index contributed by atoms with van der Waals surface area (Å²) in [6, 6.07) is 0. The fourth-order valence-corrected chi connectivity index (χ4v) is 7.66. The molecule has 1 aromatic rings. The molecular formula is C47H80O3. The van der Waals surface area contributed by atoms with Crippen LogP contribution >= 0.6 is 0 Å². The lowest BCUT2D eigenvalue weighted by Gasteiger charge is -2.38. The van der Waals surface area contributed by atoms with Crippen LogP contribution in [0.5, 0.6) is 11.5 Å². The average Bonchev–Trinajstić information content (AvgIpc) is 3.07. The predicted octanol–water partition coefficient (Wildman–Crippen LogP) is 14.9. The van der Waals surface area contributed by atoms with E-state index in [1.807, 2.05) is 0 Å². The number of unbranched alkanes of at least 4 members (excludes halogenated alkanes) is 8. The summed E-state index contributed by atoms with van der Waals surface area (Å²) < 4.78 is 12.9. The van der Waals surface area contributed by atoms with Crippen molar-refractivity contribution in [1.82, 2.24) is 0 Å². The first-order valence-corrected chi connectivity index (χ1v) is 21.3. The highest BCUT2D eigenvalue weighted by atomic mass is 16.5. The minimum absolute atomic E-state index is 0.0995. The van der Waals surface area contributed by atoms with Crippen molar-refractivity contribution in [3.63, 3.8) is 0 Å². The Morgan fingerprint density at radius 2 is 1.30 bits per heavy atom. The van der Waals surface area contributed by atoms with Gasteiger partial charge in [0.05, 0.1) is 0 Å². The highest BCUT2D eigenvalue weighted by Gasteiger charge is 2.34. The summed E-state index contributed by atoms with van der Waals surface area (Å²) >= 11 is 0. The zero-order chi connectivity index (χ0) is 36.8. The van der Waals surface area contributed by atoms with Gasteiger partial charge >= 0.3 is 5.97 Å². The van der Waals surface area contributed by atoms with Crippen LogP contribution in [0.15, 0.2) is 24.3 Å². The van der Waals surface area contributed by atoms with E-state index in [-0.39, 0.29) is 11.6 Å². The van der Waals surface area contributed by atoms with Crippen molar-refractivity contribution >= 4 is 5.97 Å². The summed E-state index contributed by atoms with van der Waals surface area (Å²) in [6.07, 6.45) is 36.6. The highest BCUT2D eigenvalue weighted by molar-refractivity contribution is 5.74. The van der Waals surface area contributed by atoms with Crippen molar-refractivity contribution in [2.24, 2.45) is 17.8 Å². The van der Waals surface area contributed by atoms with E-state index >= 15 is 0 Å². The molecule has 3 atom stereocenters. The molecule has 0 aromatic heterocycles. The Kier molecular flexibility index (Phi) is 22.1. The number of carbonyl (C=O) groups excluding carboxylic acids is 1. The maximum atomic E-state index is 12.9. The lowest BCUT2D eigenvalue weighted by Crippen LogP contribution is -2.37. The molecular weight excluding hydrogens is 613 g/mol. The molecule has 0 N–H and O–H groups in total. The van der Waals surface area contributed by atoms with Crippen LogP contribution in [0.2, 0.25) is 0 Å². The van der Waals surface area contributed by atoms with Gasteiger partial charge in [0.1, 0.15) is 17.1 Å². The van der Waals surface area contributed by atoms with E-state index in [0.29, 0.717) is 6.42 Å². The highest BCUT2D eigenvalue weighted by Crippen LogP contribution is 2.45. The number of ether oxygens (including phenoxy) is 2. The van der Waals surface area contributed by atoms with Crippen molar-refractivity contribution in [3.8, 4) is 11.5 Å². The SMILES string of the molecule is CCCCC/C=C\C/C=C\CCCCCCCC(=O)Oc1c(C)c(C)c2c(c1C)CCC(C)(CCCC(C)CCCC(C)CCCC(C)C)O2. The number of rotatable bonds is 27. The molecule has 0 spiro atoms. The molecule has 1 heterocycles. The molecule has 1 aromatic carbocycles. The lowest BCUT2D eigenvalue weighted by molar-refractivity contribution is -0.134. The van der Waals surface area contributed by atoms with E-state index in [4.69, 9.17) is 9.47 Å². The Hall–Kier alpha value is -2.03. The quantitative estimate of drug-likeness (QED) is 0.0398. The molecule has 0 bridgehead atoms. The molecule has 3 unspecified atom stereocenters. The van der Waals surface area contributed by atoms with Crippen molar-refractivity contribution in [1.29, 1.82) is 0 Å². The number of hydrogen-bond acceptors (Lipinski definition) is 3. The van der Waals surface area contributed by atoms with Crippen LogP contribution in [-0.4, -0.2) is 11.6 Å². The van der Waals surface area contributed by atoms with Crippen LogP contribution in [0.1, 0.15) is 205 Å². The van der Waals surface area contributed by atoms with Gasteiger partial charge in [0.15, 0.2) is 0 Å². The fraction of sp³-hybridized carbons (Fsp3) is 0.766. The minimum Gasteiger partial charge on any atom is -0.487 e. The van der Waals surface area contributed by atoms with Gasteiger partial charge in [-0.3, -0.25) is 4.79 Å². The maximum absolute atomic E-state index is 12.9. The Labute approximate surface area is 310 Å². The Morgan fingerprint density at radius 1 is 0.720 bits per heavy atom. The monoisotopic (exact) mass is 693 g/mol. The molecule has 0 radical (unpaired) electrons. The topological polar surface area (TPSA) is 35.5 Å². The van der Waals surface area contributed by atoms with E-state index in [1.54, 1.807) is 0 Å². The molecule has 0 saturated heterocycles. The van der Waals surface area contributed by atoms with E-state index in [0.717, 1.165) is 90.9 Å². The Bertz CT molecular complexity index is 1140. The van der Waals surface area contributed by atoms with Crippen LogP contribution in [0.3, 0.4) is 0 Å². The summed E-state index contributed by atoms with van der Waals surface area (Å²) in [5.41, 5.74) is 4.38. The average molecular weight is 693 g/mol. The van der Waals surface area contributed by atoms with Gasteiger partial charge in [-0.2, -0.15) is 0 Å². The van der Waals surface area contributed by atoms with Crippen molar-refractivity contribution in [2.45, 2.75) is 216 Å². The van der Waals surface area contributed by atoms with E-state index in [1.165, 1.54) is 102 Å². The summed E-state index contributed by atoms with van der Waals surface area (Å²) in [4.78, 5) is 12.9. The molecule has 0 saturated carbocycles.